The Morgan fingerprint density at radius 3 is 2.38 bits per heavy atom. The van der Waals surface area contributed by atoms with Crippen molar-refractivity contribution in [3.8, 4) is 0 Å². The first kappa shape index (κ1) is 13.5. The Labute approximate surface area is 99.1 Å². The zero-order valence-electron chi connectivity index (χ0n) is 11.1. The van der Waals surface area contributed by atoms with Gasteiger partial charge in [0.25, 0.3) is 0 Å². The first-order chi connectivity index (χ1) is 7.52. The third-order valence-corrected chi connectivity index (χ3v) is 4.03. The van der Waals surface area contributed by atoms with Gasteiger partial charge in [-0.05, 0) is 45.2 Å². The monoisotopic (exact) mass is 227 g/mol. The van der Waals surface area contributed by atoms with E-state index in [1.54, 1.807) is 0 Å². The molecule has 0 amide bonds. The molecule has 1 unspecified atom stereocenters. The van der Waals surface area contributed by atoms with E-state index in [1.807, 2.05) is 13.8 Å². The van der Waals surface area contributed by atoms with Crippen LogP contribution in [-0.4, -0.2) is 36.6 Å². The van der Waals surface area contributed by atoms with Crippen molar-refractivity contribution in [3.63, 3.8) is 0 Å². The summed E-state index contributed by atoms with van der Waals surface area (Å²) in [4.78, 5) is 13.9. The van der Waals surface area contributed by atoms with Crippen molar-refractivity contribution in [2.75, 3.05) is 19.7 Å². The number of esters is 1. The smallest absolute Gasteiger partial charge is 0.323 e. The Morgan fingerprint density at radius 2 is 1.94 bits per heavy atom. The number of hydrogen-bond donors (Lipinski definition) is 0. The van der Waals surface area contributed by atoms with E-state index >= 15 is 0 Å². The van der Waals surface area contributed by atoms with Gasteiger partial charge >= 0.3 is 5.97 Å². The summed E-state index contributed by atoms with van der Waals surface area (Å²) in [6.45, 7) is 10.9. The number of piperidine rings is 1. The third-order valence-electron chi connectivity index (χ3n) is 4.03. The van der Waals surface area contributed by atoms with Crippen LogP contribution in [0.5, 0.6) is 0 Å². The molecular formula is C13H25NO2. The topological polar surface area (TPSA) is 29.5 Å². The first-order valence-corrected chi connectivity index (χ1v) is 6.43. The highest BCUT2D eigenvalue weighted by atomic mass is 16.5. The summed E-state index contributed by atoms with van der Waals surface area (Å²) in [7, 11) is 0. The molecule has 94 valence electrons. The van der Waals surface area contributed by atoms with Gasteiger partial charge in [0.15, 0.2) is 0 Å². The highest BCUT2D eigenvalue weighted by Gasteiger charge is 2.32. The third kappa shape index (κ3) is 3.21. The molecule has 1 saturated heterocycles. The van der Waals surface area contributed by atoms with Crippen LogP contribution in [0.25, 0.3) is 0 Å². The zero-order chi connectivity index (χ0) is 12.2. The highest BCUT2D eigenvalue weighted by molar-refractivity contribution is 5.75. The number of nitrogens with zero attached hydrogens (tertiary/aromatic N) is 1. The van der Waals surface area contributed by atoms with Crippen LogP contribution in [-0.2, 0) is 9.53 Å². The summed E-state index contributed by atoms with van der Waals surface area (Å²) in [5.41, 5.74) is 0.477. The number of carbonyl (C=O) groups is 1. The maximum atomic E-state index is 11.6. The molecule has 0 N–H and O–H groups in total. The molecule has 16 heavy (non-hydrogen) atoms. The van der Waals surface area contributed by atoms with Crippen molar-refractivity contribution >= 4 is 5.97 Å². The van der Waals surface area contributed by atoms with Crippen LogP contribution < -0.4 is 0 Å². The lowest BCUT2D eigenvalue weighted by Gasteiger charge is -2.40. The van der Waals surface area contributed by atoms with Gasteiger partial charge in [0.05, 0.1) is 6.61 Å². The lowest BCUT2D eigenvalue weighted by molar-refractivity contribution is -0.149. The fraction of sp³-hybridized carbons (Fsp3) is 0.923. The Balaban J connectivity index is 2.44. The number of ether oxygens (including phenoxy) is 1. The standard InChI is InChI=1S/C13H25NO2/c1-5-13(4)7-9-14(10-8-13)11(3)12(15)16-6-2/h11H,5-10H2,1-4H3. The second-order valence-corrected chi connectivity index (χ2v) is 5.13. The molecule has 0 radical (unpaired) electrons. The Kier molecular flexibility index (Phi) is 4.78. The minimum absolute atomic E-state index is 0.0809. The molecule has 1 aliphatic heterocycles. The molecule has 1 rings (SSSR count). The molecule has 0 aromatic rings. The van der Waals surface area contributed by atoms with Crippen molar-refractivity contribution in [2.24, 2.45) is 5.41 Å². The maximum absolute atomic E-state index is 11.6. The van der Waals surface area contributed by atoms with Crippen LogP contribution in [0, 0.1) is 5.41 Å². The fourth-order valence-electron chi connectivity index (χ4n) is 2.22. The summed E-state index contributed by atoms with van der Waals surface area (Å²) in [5, 5.41) is 0. The van der Waals surface area contributed by atoms with E-state index in [-0.39, 0.29) is 12.0 Å². The van der Waals surface area contributed by atoms with Crippen LogP contribution in [0.2, 0.25) is 0 Å². The van der Waals surface area contributed by atoms with Gasteiger partial charge < -0.3 is 4.74 Å². The van der Waals surface area contributed by atoms with E-state index in [2.05, 4.69) is 18.7 Å². The molecule has 0 spiro atoms. The summed E-state index contributed by atoms with van der Waals surface area (Å²) in [6, 6.07) is -0.0821. The zero-order valence-corrected chi connectivity index (χ0v) is 11.1. The lowest BCUT2D eigenvalue weighted by atomic mass is 9.78. The van der Waals surface area contributed by atoms with Gasteiger partial charge in [-0.25, -0.2) is 0 Å². The largest absolute Gasteiger partial charge is 0.465 e. The van der Waals surface area contributed by atoms with E-state index in [9.17, 15) is 4.79 Å². The number of rotatable bonds is 4. The van der Waals surface area contributed by atoms with Crippen molar-refractivity contribution in [1.29, 1.82) is 0 Å². The van der Waals surface area contributed by atoms with Gasteiger partial charge in [0, 0.05) is 0 Å². The van der Waals surface area contributed by atoms with E-state index in [0.29, 0.717) is 12.0 Å². The van der Waals surface area contributed by atoms with Crippen LogP contribution >= 0.6 is 0 Å². The second kappa shape index (κ2) is 5.67. The maximum Gasteiger partial charge on any atom is 0.323 e. The molecule has 0 aromatic carbocycles. The molecule has 3 nitrogen and oxygen atoms in total. The molecule has 1 atom stereocenters. The summed E-state index contributed by atoms with van der Waals surface area (Å²) in [5.74, 6) is -0.0809. The molecule has 3 heteroatoms. The molecule has 0 aliphatic carbocycles. The van der Waals surface area contributed by atoms with Crippen molar-refractivity contribution in [3.05, 3.63) is 0 Å². The minimum atomic E-state index is -0.0821. The van der Waals surface area contributed by atoms with E-state index in [0.717, 1.165) is 13.1 Å². The van der Waals surface area contributed by atoms with Gasteiger partial charge in [-0.1, -0.05) is 20.3 Å². The first-order valence-electron chi connectivity index (χ1n) is 6.43. The van der Waals surface area contributed by atoms with Gasteiger partial charge in [-0.2, -0.15) is 0 Å². The van der Waals surface area contributed by atoms with Crippen LogP contribution in [0.1, 0.15) is 47.0 Å². The molecule has 0 saturated carbocycles. The Morgan fingerprint density at radius 1 is 1.38 bits per heavy atom. The molecule has 1 fully saturated rings. The Bertz CT molecular complexity index is 232. The average molecular weight is 227 g/mol. The minimum Gasteiger partial charge on any atom is -0.465 e. The predicted octanol–water partition coefficient (Wildman–Crippen LogP) is 2.45. The van der Waals surface area contributed by atoms with Crippen molar-refractivity contribution < 1.29 is 9.53 Å². The fourth-order valence-corrected chi connectivity index (χ4v) is 2.22. The molecule has 0 aromatic heterocycles. The SMILES string of the molecule is CCOC(=O)C(C)N1CCC(C)(CC)CC1. The molecule has 1 heterocycles. The van der Waals surface area contributed by atoms with Gasteiger partial charge in [0.1, 0.15) is 6.04 Å². The van der Waals surface area contributed by atoms with Gasteiger partial charge in [-0.3, -0.25) is 9.69 Å². The molecule has 0 bridgehead atoms. The normalized spacial score (nSPS) is 22.8. The van der Waals surface area contributed by atoms with Crippen LogP contribution in [0.4, 0.5) is 0 Å². The predicted molar refractivity (Wildman–Crippen MR) is 65.3 cm³/mol. The quantitative estimate of drug-likeness (QED) is 0.691. The lowest BCUT2D eigenvalue weighted by Crippen LogP contribution is -2.46. The molecular weight excluding hydrogens is 202 g/mol. The number of hydrogen-bond acceptors (Lipinski definition) is 3. The summed E-state index contributed by atoms with van der Waals surface area (Å²) in [6.07, 6.45) is 3.61. The number of carbonyl (C=O) groups excluding carboxylic acids is 1. The summed E-state index contributed by atoms with van der Waals surface area (Å²) >= 11 is 0. The van der Waals surface area contributed by atoms with Crippen LogP contribution in [0.15, 0.2) is 0 Å². The van der Waals surface area contributed by atoms with Crippen LogP contribution in [0.3, 0.4) is 0 Å². The van der Waals surface area contributed by atoms with E-state index in [4.69, 9.17) is 4.74 Å². The molecule has 1 aliphatic rings. The van der Waals surface area contributed by atoms with Crippen molar-refractivity contribution in [1.82, 2.24) is 4.90 Å². The van der Waals surface area contributed by atoms with Gasteiger partial charge in [-0.15, -0.1) is 0 Å². The van der Waals surface area contributed by atoms with Crippen molar-refractivity contribution in [2.45, 2.75) is 53.0 Å². The summed E-state index contributed by atoms with van der Waals surface area (Å²) < 4.78 is 5.05. The number of likely N-dealkylation sites (tertiary alicyclic amines) is 1. The Hall–Kier alpha value is -0.570. The average Bonchev–Trinajstić information content (AvgIpc) is 2.29. The van der Waals surface area contributed by atoms with E-state index in [1.165, 1.54) is 19.3 Å². The van der Waals surface area contributed by atoms with E-state index < -0.39 is 0 Å². The second-order valence-electron chi connectivity index (χ2n) is 5.13. The van der Waals surface area contributed by atoms with Gasteiger partial charge in [0.2, 0.25) is 0 Å². The highest BCUT2D eigenvalue weighted by Crippen LogP contribution is 2.34.